The van der Waals surface area contributed by atoms with Crippen LogP contribution in [0.2, 0.25) is 0 Å². The number of anilines is 1. The lowest BCUT2D eigenvalue weighted by molar-refractivity contribution is 0.102. The molecule has 3 heterocycles. The highest BCUT2D eigenvalue weighted by atomic mass is 16.1. The molecule has 5 rings (SSSR count). The first kappa shape index (κ1) is 19.6. The maximum atomic E-state index is 12.8. The van der Waals surface area contributed by atoms with Crippen LogP contribution in [0.3, 0.4) is 0 Å². The maximum Gasteiger partial charge on any atom is 0.258 e. The van der Waals surface area contributed by atoms with Crippen molar-refractivity contribution >= 4 is 22.5 Å². The van der Waals surface area contributed by atoms with Crippen molar-refractivity contribution in [2.45, 2.75) is 13.0 Å². The summed E-state index contributed by atoms with van der Waals surface area (Å²) in [5, 5.41) is 8.21. The molecule has 3 aromatic heterocycles. The first-order chi connectivity index (χ1) is 15.6. The topological polar surface area (TPSA) is 95.6 Å². The lowest BCUT2D eigenvalue weighted by Gasteiger charge is -2.12. The Balaban J connectivity index is 1.38. The second kappa shape index (κ2) is 8.03. The Bertz CT molecular complexity index is 1430. The number of benzene rings is 2. The van der Waals surface area contributed by atoms with Crippen LogP contribution in [0.15, 0.2) is 90.1 Å². The molecule has 158 valence electrons. The number of carbonyl (C=O) groups excluding carboxylic acids is 1. The molecule has 1 atom stereocenters. The van der Waals surface area contributed by atoms with E-state index in [-0.39, 0.29) is 17.5 Å². The van der Waals surface area contributed by atoms with E-state index in [9.17, 15) is 9.59 Å². The summed E-state index contributed by atoms with van der Waals surface area (Å²) in [6, 6.07) is 21.4. The van der Waals surface area contributed by atoms with Gasteiger partial charge in [-0.3, -0.25) is 14.3 Å². The predicted molar refractivity (Wildman–Crippen MR) is 125 cm³/mol. The van der Waals surface area contributed by atoms with Gasteiger partial charge in [-0.15, -0.1) is 0 Å². The number of hydrogen-bond donors (Lipinski definition) is 3. The molecule has 0 radical (unpaired) electrons. The molecule has 0 aliphatic rings. The van der Waals surface area contributed by atoms with Gasteiger partial charge < -0.3 is 15.3 Å². The average molecular weight is 423 g/mol. The molecule has 5 aromatic rings. The third-order valence-corrected chi connectivity index (χ3v) is 5.52. The van der Waals surface area contributed by atoms with Gasteiger partial charge in [-0.25, -0.2) is 0 Å². The highest BCUT2D eigenvalue weighted by molar-refractivity contribution is 6.04. The highest BCUT2D eigenvalue weighted by Crippen LogP contribution is 2.23. The van der Waals surface area contributed by atoms with Gasteiger partial charge in [0.2, 0.25) is 0 Å². The van der Waals surface area contributed by atoms with E-state index in [2.05, 4.69) is 20.4 Å². The summed E-state index contributed by atoms with van der Waals surface area (Å²) in [5.41, 5.74) is 3.88. The Morgan fingerprint density at radius 3 is 2.66 bits per heavy atom. The van der Waals surface area contributed by atoms with Gasteiger partial charge >= 0.3 is 0 Å². The van der Waals surface area contributed by atoms with Crippen molar-refractivity contribution < 1.29 is 4.79 Å². The van der Waals surface area contributed by atoms with Crippen molar-refractivity contribution in [3.05, 3.63) is 107 Å². The van der Waals surface area contributed by atoms with Gasteiger partial charge in [0.25, 0.3) is 11.5 Å². The molecule has 0 saturated carbocycles. The van der Waals surface area contributed by atoms with Crippen molar-refractivity contribution in [3.8, 4) is 11.3 Å². The number of carbonyl (C=O) groups is 1. The van der Waals surface area contributed by atoms with E-state index in [1.54, 1.807) is 23.1 Å². The zero-order valence-electron chi connectivity index (χ0n) is 17.4. The molecule has 32 heavy (non-hydrogen) atoms. The van der Waals surface area contributed by atoms with Crippen molar-refractivity contribution in [2.75, 3.05) is 5.32 Å². The fourth-order valence-corrected chi connectivity index (χ4v) is 3.73. The molecular weight excluding hydrogens is 402 g/mol. The Hall–Kier alpha value is -4.39. The Labute approximate surface area is 183 Å². The normalized spacial score (nSPS) is 12.0. The number of amides is 1. The van der Waals surface area contributed by atoms with Gasteiger partial charge in [0.15, 0.2) is 0 Å². The minimum atomic E-state index is -0.300. The van der Waals surface area contributed by atoms with Crippen LogP contribution in [-0.2, 0) is 0 Å². The zero-order valence-corrected chi connectivity index (χ0v) is 17.4. The summed E-state index contributed by atoms with van der Waals surface area (Å²) in [5.74, 6) is -0.300. The molecule has 1 amide bonds. The standard InChI is InChI=1S/C25H21N5O2/c1-16(17-7-3-2-4-8-17)30-15-19(13-27-30)24(31)28-20-12-21(25(32)26-14-20)23-11-18-9-5-6-10-22(18)29-23/h2-16,29H,1H3,(H,26,32)(H,28,31). The van der Waals surface area contributed by atoms with Crippen LogP contribution in [0, 0.1) is 0 Å². The molecule has 0 fully saturated rings. The molecule has 1 unspecified atom stereocenters. The maximum absolute atomic E-state index is 12.8. The number of H-pyrrole nitrogens is 2. The first-order valence-electron chi connectivity index (χ1n) is 10.3. The van der Waals surface area contributed by atoms with Crippen LogP contribution < -0.4 is 10.9 Å². The summed E-state index contributed by atoms with van der Waals surface area (Å²) in [6.07, 6.45) is 4.75. The van der Waals surface area contributed by atoms with Gasteiger partial charge in [0, 0.05) is 23.3 Å². The van der Waals surface area contributed by atoms with Crippen LogP contribution in [-0.4, -0.2) is 25.7 Å². The number of aromatic amines is 2. The third kappa shape index (κ3) is 3.72. The largest absolute Gasteiger partial charge is 0.354 e. The molecule has 0 aliphatic carbocycles. The number of pyridine rings is 1. The molecule has 0 bridgehead atoms. The highest BCUT2D eigenvalue weighted by Gasteiger charge is 2.15. The minimum Gasteiger partial charge on any atom is -0.354 e. The number of nitrogens with zero attached hydrogens (tertiary/aromatic N) is 2. The molecule has 7 nitrogen and oxygen atoms in total. The van der Waals surface area contributed by atoms with Gasteiger partial charge in [0.05, 0.1) is 34.7 Å². The summed E-state index contributed by atoms with van der Waals surface area (Å²) in [6.45, 7) is 2.03. The minimum absolute atomic E-state index is 0.000515. The molecular formula is C25H21N5O2. The molecule has 7 heteroatoms. The van der Waals surface area contributed by atoms with Crippen LogP contribution in [0.4, 0.5) is 5.69 Å². The molecule has 2 aromatic carbocycles. The number of rotatable bonds is 5. The van der Waals surface area contributed by atoms with E-state index < -0.39 is 0 Å². The third-order valence-electron chi connectivity index (χ3n) is 5.52. The molecule has 0 aliphatic heterocycles. The van der Waals surface area contributed by atoms with Crippen LogP contribution in [0.1, 0.15) is 28.9 Å². The molecule has 0 spiro atoms. The fourth-order valence-electron chi connectivity index (χ4n) is 3.73. The second-order valence-corrected chi connectivity index (χ2v) is 7.65. The van der Waals surface area contributed by atoms with E-state index >= 15 is 0 Å². The summed E-state index contributed by atoms with van der Waals surface area (Å²) in [7, 11) is 0. The quantitative estimate of drug-likeness (QED) is 0.386. The summed E-state index contributed by atoms with van der Waals surface area (Å²) in [4.78, 5) is 31.2. The smallest absolute Gasteiger partial charge is 0.258 e. The second-order valence-electron chi connectivity index (χ2n) is 7.65. The number of nitrogens with one attached hydrogen (secondary N) is 3. The number of para-hydroxylation sites is 1. The Morgan fingerprint density at radius 1 is 1.06 bits per heavy atom. The van der Waals surface area contributed by atoms with Gasteiger partial charge in [0.1, 0.15) is 0 Å². The first-order valence-corrected chi connectivity index (χ1v) is 10.3. The predicted octanol–water partition coefficient (Wildman–Crippen LogP) is 4.58. The van der Waals surface area contributed by atoms with Crippen molar-refractivity contribution in [1.29, 1.82) is 0 Å². The van der Waals surface area contributed by atoms with Crippen LogP contribution in [0.5, 0.6) is 0 Å². The fraction of sp³-hybridized carbons (Fsp3) is 0.0800. The van der Waals surface area contributed by atoms with Crippen molar-refractivity contribution in [2.24, 2.45) is 0 Å². The van der Waals surface area contributed by atoms with E-state index in [0.717, 1.165) is 16.5 Å². The van der Waals surface area contributed by atoms with Crippen molar-refractivity contribution in [3.63, 3.8) is 0 Å². The number of aromatic nitrogens is 4. The monoisotopic (exact) mass is 423 g/mol. The van der Waals surface area contributed by atoms with Crippen LogP contribution >= 0.6 is 0 Å². The molecule has 0 saturated heterocycles. The zero-order chi connectivity index (χ0) is 22.1. The van der Waals surface area contributed by atoms with E-state index in [1.807, 2.05) is 67.6 Å². The van der Waals surface area contributed by atoms with E-state index in [1.165, 1.54) is 6.20 Å². The van der Waals surface area contributed by atoms with Crippen molar-refractivity contribution in [1.82, 2.24) is 19.7 Å². The van der Waals surface area contributed by atoms with Crippen LogP contribution in [0.25, 0.3) is 22.2 Å². The number of hydrogen-bond acceptors (Lipinski definition) is 3. The molecule has 3 N–H and O–H groups in total. The van der Waals surface area contributed by atoms with E-state index in [0.29, 0.717) is 22.5 Å². The summed E-state index contributed by atoms with van der Waals surface area (Å²) < 4.78 is 1.76. The van der Waals surface area contributed by atoms with Gasteiger partial charge in [-0.2, -0.15) is 5.10 Å². The van der Waals surface area contributed by atoms with E-state index in [4.69, 9.17) is 0 Å². The van der Waals surface area contributed by atoms with Gasteiger partial charge in [-0.1, -0.05) is 48.5 Å². The Kier molecular flexibility index (Phi) is 4.91. The SMILES string of the molecule is CC(c1ccccc1)n1cc(C(=O)Nc2c[nH]c(=O)c(-c3cc4ccccc4[nH]3)c2)cn1. The number of fused-ring (bicyclic) bond motifs is 1. The average Bonchev–Trinajstić information content (AvgIpc) is 3.48. The van der Waals surface area contributed by atoms with Gasteiger partial charge in [-0.05, 0) is 30.7 Å². The lowest BCUT2D eigenvalue weighted by Crippen LogP contribution is -2.15. The lowest BCUT2D eigenvalue weighted by atomic mass is 10.1. The summed E-state index contributed by atoms with van der Waals surface area (Å²) >= 11 is 0. The Morgan fingerprint density at radius 2 is 1.84 bits per heavy atom.